The lowest BCUT2D eigenvalue weighted by Crippen LogP contribution is -2.12. The van der Waals surface area contributed by atoms with E-state index >= 15 is 0 Å². The van der Waals surface area contributed by atoms with Crippen molar-refractivity contribution in [2.24, 2.45) is 0 Å². The molecule has 1 N–H and O–H groups in total. The summed E-state index contributed by atoms with van der Waals surface area (Å²) < 4.78 is 5.56. The van der Waals surface area contributed by atoms with Crippen LogP contribution in [0.2, 0.25) is 5.02 Å². The van der Waals surface area contributed by atoms with E-state index in [4.69, 9.17) is 16.3 Å². The SMILES string of the molecule is O=C(Nc1ccc(Oc2ccccn2)cc1)c1cc([N+](=O)[O-])ccc1Cl. The van der Waals surface area contributed by atoms with Crippen LogP contribution in [-0.4, -0.2) is 15.8 Å². The number of hydrogen-bond acceptors (Lipinski definition) is 5. The van der Waals surface area contributed by atoms with Gasteiger partial charge < -0.3 is 10.1 Å². The average molecular weight is 370 g/mol. The normalized spacial score (nSPS) is 10.2. The fourth-order valence-corrected chi connectivity index (χ4v) is 2.34. The Morgan fingerprint density at radius 1 is 1.12 bits per heavy atom. The molecular formula is C18H12ClN3O4. The number of rotatable bonds is 5. The molecule has 0 saturated carbocycles. The highest BCUT2D eigenvalue weighted by Crippen LogP contribution is 2.24. The lowest BCUT2D eigenvalue weighted by molar-refractivity contribution is -0.384. The van der Waals surface area contributed by atoms with Crippen LogP contribution in [0.5, 0.6) is 11.6 Å². The number of pyridine rings is 1. The Hall–Kier alpha value is -3.45. The first kappa shape index (κ1) is 17.4. The number of carbonyl (C=O) groups is 1. The van der Waals surface area contributed by atoms with Gasteiger partial charge in [0.25, 0.3) is 11.6 Å². The number of ether oxygens (including phenoxy) is 1. The fraction of sp³-hybridized carbons (Fsp3) is 0. The van der Waals surface area contributed by atoms with Crippen LogP contribution in [0.3, 0.4) is 0 Å². The van der Waals surface area contributed by atoms with Crippen LogP contribution in [0, 0.1) is 10.1 Å². The van der Waals surface area contributed by atoms with E-state index in [9.17, 15) is 14.9 Å². The van der Waals surface area contributed by atoms with Crippen molar-refractivity contribution in [3.63, 3.8) is 0 Å². The van der Waals surface area contributed by atoms with Gasteiger partial charge in [-0.25, -0.2) is 4.98 Å². The van der Waals surface area contributed by atoms with Crippen LogP contribution in [0.4, 0.5) is 11.4 Å². The van der Waals surface area contributed by atoms with Crippen LogP contribution in [0.1, 0.15) is 10.4 Å². The van der Waals surface area contributed by atoms with Gasteiger partial charge in [-0.2, -0.15) is 0 Å². The minimum atomic E-state index is -0.586. The van der Waals surface area contributed by atoms with E-state index in [2.05, 4.69) is 10.3 Å². The molecule has 0 saturated heterocycles. The quantitative estimate of drug-likeness (QED) is 0.520. The Bertz CT molecular complexity index is 946. The zero-order valence-corrected chi connectivity index (χ0v) is 14.0. The highest BCUT2D eigenvalue weighted by molar-refractivity contribution is 6.34. The van der Waals surface area contributed by atoms with Gasteiger partial charge in [-0.1, -0.05) is 17.7 Å². The average Bonchev–Trinajstić information content (AvgIpc) is 2.64. The highest BCUT2D eigenvalue weighted by atomic mass is 35.5. The number of amides is 1. The molecular weight excluding hydrogens is 358 g/mol. The van der Waals surface area contributed by atoms with E-state index in [0.29, 0.717) is 17.3 Å². The summed E-state index contributed by atoms with van der Waals surface area (Å²) >= 11 is 5.97. The van der Waals surface area contributed by atoms with E-state index in [1.165, 1.54) is 12.1 Å². The standard InChI is InChI=1S/C18H12ClN3O4/c19-16-9-6-13(22(24)25)11-15(16)18(23)21-12-4-7-14(8-5-12)26-17-3-1-2-10-20-17/h1-11H,(H,21,23). The molecule has 0 aliphatic carbocycles. The zero-order chi connectivity index (χ0) is 18.5. The summed E-state index contributed by atoms with van der Waals surface area (Å²) in [4.78, 5) is 26.6. The molecule has 0 fully saturated rings. The molecule has 3 rings (SSSR count). The van der Waals surface area contributed by atoms with Crippen molar-refractivity contribution in [2.75, 3.05) is 5.32 Å². The molecule has 0 aliphatic rings. The lowest BCUT2D eigenvalue weighted by Gasteiger charge is -2.08. The fourth-order valence-electron chi connectivity index (χ4n) is 2.13. The van der Waals surface area contributed by atoms with Gasteiger partial charge in [0.15, 0.2) is 0 Å². The number of nitro benzene ring substituents is 1. The Kier molecular flexibility index (Phi) is 5.09. The molecule has 0 unspecified atom stereocenters. The molecule has 0 atom stereocenters. The molecule has 1 amide bonds. The van der Waals surface area contributed by atoms with Gasteiger partial charge in [-0.3, -0.25) is 14.9 Å². The first-order valence-electron chi connectivity index (χ1n) is 7.47. The van der Waals surface area contributed by atoms with Crippen LogP contribution in [0.15, 0.2) is 66.9 Å². The molecule has 2 aromatic carbocycles. The minimum absolute atomic E-state index is 0.0229. The molecule has 1 heterocycles. The number of nitrogens with zero attached hydrogens (tertiary/aromatic N) is 2. The van der Waals surface area contributed by atoms with E-state index in [1.807, 2.05) is 0 Å². The number of non-ortho nitro benzene ring substituents is 1. The van der Waals surface area contributed by atoms with Crippen LogP contribution < -0.4 is 10.1 Å². The predicted octanol–water partition coefficient (Wildman–Crippen LogP) is 4.69. The summed E-state index contributed by atoms with van der Waals surface area (Å²) in [5.41, 5.74) is 0.305. The Labute approximate surface area is 153 Å². The van der Waals surface area contributed by atoms with Gasteiger partial charge in [0.2, 0.25) is 5.88 Å². The molecule has 0 aliphatic heterocycles. The van der Waals surface area contributed by atoms with Gasteiger partial charge in [0, 0.05) is 30.1 Å². The molecule has 0 bridgehead atoms. The maximum Gasteiger partial charge on any atom is 0.270 e. The Morgan fingerprint density at radius 3 is 2.54 bits per heavy atom. The summed E-state index contributed by atoms with van der Waals surface area (Å²) in [7, 11) is 0. The second kappa shape index (κ2) is 7.62. The molecule has 26 heavy (non-hydrogen) atoms. The Morgan fingerprint density at radius 2 is 1.88 bits per heavy atom. The van der Waals surface area contributed by atoms with Crippen molar-refractivity contribution < 1.29 is 14.5 Å². The first-order valence-corrected chi connectivity index (χ1v) is 7.85. The van der Waals surface area contributed by atoms with E-state index in [-0.39, 0.29) is 16.3 Å². The smallest absolute Gasteiger partial charge is 0.270 e. The largest absolute Gasteiger partial charge is 0.439 e. The van der Waals surface area contributed by atoms with Crippen molar-refractivity contribution >= 4 is 28.9 Å². The summed E-state index contributed by atoms with van der Waals surface area (Å²) in [6.07, 6.45) is 1.62. The molecule has 0 radical (unpaired) electrons. The number of anilines is 1. The number of hydrogen-bond donors (Lipinski definition) is 1. The third-order valence-electron chi connectivity index (χ3n) is 3.38. The Balaban J connectivity index is 1.72. The van der Waals surface area contributed by atoms with Gasteiger partial charge >= 0.3 is 0 Å². The minimum Gasteiger partial charge on any atom is -0.439 e. The molecule has 7 nitrogen and oxygen atoms in total. The second-order valence-electron chi connectivity index (χ2n) is 5.17. The summed E-state index contributed by atoms with van der Waals surface area (Å²) in [6, 6.07) is 15.6. The lowest BCUT2D eigenvalue weighted by atomic mass is 10.2. The monoisotopic (exact) mass is 369 g/mol. The van der Waals surface area contributed by atoms with Crippen LogP contribution in [0.25, 0.3) is 0 Å². The number of halogens is 1. The number of carbonyl (C=O) groups excluding carboxylic acids is 1. The summed E-state index contributed by atoms with van der Waals surface area (Å²) in [6.45, 7) is 0. The highest BCUT2D eigenvalue weighted by Gasteiger charge is 2.16. The van der Waals surface area contributed by atoms with Crippen molar-refractivity contribution in [1.29, 1.82) is 0 Å². The predicted molar refractivity (Wildman–Crippen MR) is 96.8 cm³/mol. The van der Waals surface area contributed by atoms with Crippen molar-refractivity contribution in [3.05, 3.63) is 87.6 Å². The molecule has 1 aromatic heterocycles. The molecule has 130 valence electrons. The maximum absolute atomic E-state index is 12.3. The second-order valence-corrected chi connectivity index (χ2v) is 5.58. The van der Waals surface area contributed by atoms with Gasteiger partial charge in [-0.15, -0.1) is 0 Å². The third kappa shape index (κ3) is 4.14. The van der Waals surface area contributed by atoms with Gasteiger partial charge in [0.05, 0.1) is 15.5 Å². The first-order chi connectivity index (χ1) is 12.5. The topological polar surface area (TPSA) is 94.4 Å². The van der Waals surface area contributed by atoms with Crippen molar-refractivity contribution in [2.45, 2.75) is 0 Å². The third-order valence-corrected chi connectivity index (χ3v) is 3.71. The van der Waals surface area contributed by atoms with Crippen LogP contribution >= 0.6 is 11.6 Å². The van der Waals surface area contributed by atoms with Crippen molar-refractivity contribution in [1.82, 2.24) is 4.98 Å². The summed E-state index contributed by atoms with van der Waals surface area (Å²) in [5, 5.41) is 13.6. The van der Waals surface area contributed by atoms with E-state index in [1.54, 1.807) is 48.7 Å². The van der Waals surface area contributed by atoms with E-state index in [0.717, 1.165) is 6.07 Å². The number of nitro groups is 1. The number of benzene rings is 2. The van der Waals surface area contributed by atoms with E-state index < -0.39 is 10.8 Å². The maximum atomic E-state index is 12.3. The van der Waals surface area contributed by atoms with Gasteiger partial charge in [-0.05, 0) is 36.4 Å². The number of nitrogens with one attached hydrogen (secondary N) is 1. The molecule has 3 aromatic rings. The van der Waals surface area contributed by atoms with Crippen LogP contribution in [-0.2, 0) is 0 Å². The molecule has 8 heteroatoms. The van der Waals surface area contributed by atoms with Gasteiger partial charge in [0.1, 0.15) is 5.75 Å². The summed E-state index contributed by atoms with van der Waals surface area (Å²) in [5.74, 6) is 0.458. The molecule has 0 spiro atoms. The zero-order valence-electron chi connectivity index (χ0n) is 13.3. The van der Waals surface area contributed by atoms with Crippen molar-refractivity contribution in [3.8, 4) is 11.6 Å². The number of aromatic nitrogens is 1.